The fraction of sp³-hybridized carbons (Fsp3) is 0.312. The van der Waals surface area contributed by atoms with E-state index in [9.17, 15) is 10.2 Å². The van der Waals surface area contributed by atoms with E-state index in [1.54, 1.807) is 24.3 Å². The van der Waals surface area contributed by atoms with Crippen LogP contribution in [0.1, 0.15) is 55.6 Å². The summed E-state index contributed by atoms with van der Waals surface area (Å²) in [7, 11) is 0. The average molecular weight is 521 g/mol. The summed E-state index contributed by atoms with van der Waals surface area (Å²) in [5.74, 6) is 0. The Kier molecular flexibility index (Phi) is 12.6. The van der Waals surface area contributed by atoms with E-state index in [0.29, 0.717) is 0 Å². The molecule has 38 heavy (non-hydrogen) atoms. The van der Waals surface area contributed by atoms with Crippen molar-refractivity contribution in [2.75, 3.05) is 0 Å². The zero-order chi connectivity index (χ0) is 28.2. The lowest BCUT2D eigenvalue weighted by atomic mass is 9.89. The molecular weight excluding hydrogens is 480 g/mol. The van der Waals surface area contributed by atoms with Crippen molar-refractivity contribution < 1.29 is 30.6 Å². The molecule has 0 aliphatic rings. The lowest BCUT2D eigenvalue weighted by Crippen LogP contribution is -2.05. The van der Waals surface area contributed by atoms with Crippen LogP contribution < -0.4 is 0 Å². The Morgan fingerprint density at radius 3 is 0.947 bits per heavy atom. The second-order valence-electron chi connectivity index (χ2n) is 9.15. The second kappa shape index (κ2) is 15.3. The Bertz CT molecular complexity index is 1180. The molecule has 6 heteroatoms. The summed E-state index contributed by atoms with van der Waals surface area (Å²) in [6.07, 6.45) is 0. The zero-order valence-electron chi connectivity index (χ0n) is 22.7. The normalized spacial score (nSPS) is 10.5. The van der Waals surface area contributed by atoms with Gasteiger partial charge in [-0.15, -0.1) is 0 Å². The Hall–Kier alpha value is -3.10. The van der Waals surface area contributed by atoms with Crippen molar-refractivity contribution in [1.82, 2.24) is 0 Å². The van der Waals surface area contributed by atoms with Crippen molar-refractivity contribution in [3.8, 4) is 0 Å². The molecule has 0 saturated heterocycles. The van der Waals surface area contributed by atoms with E-state index in [2.05, 4.69) is 0 Å². The van der Waals surface area contributed by atoms with Crippen LogP contribution in [0.25, 0.3) is 10.8 Å². The van der Waals surface area contributed by atoms with Gasteiger partial charge in [0.05, 0.1) is 39.6 Å². The van der Waals surface area contributed by atoms with Gasteiger partial charge < -0.3 is 30.6 Å². The van der Waals surface area contributed by atoms with Gasteiger partial charge in [-0.25, -0.2) is 0 Å². The topological polar surface area (TPSA) is 121 Å². The third kappa shape index (κ3) is 7.48. The van der Waals surface area contributed by atoms with Crippen molar-refractivity contribution >= 4 is 10.8 Å². The summed E-state index contributed by atoms with van der Waals surface area (Å²) in [6.45, 7) is 8.31. The maximum atomic E-state index is 9.25. The SMILES string of the molecule is Cc1c(C)c(CO)c(C)c(C)c1CO.OCc1ccc(CO)c2ccccc12.OCc1ccc(CO)cc1. The standard InChI is InChI=1S/C12H12O2.C12H18O2.C8H10O2/c13-7-9-5-6-10(8-14)12-4-2-1-3-11(9)12;1-7-8(2)12(6-14)10(4)9(3)11(7)5-13;9-5-7-1-2-8(6-10)4-3-7/h1-6,13-14H,7-8H2;13-14H,5-6H2,1-4H3;1-4,9-10H,5-6H2. The molecular formula is C32H40O6. The van der Waals surface area contributed by atoms with Crippen LogP contribution in [0, 0.1) is 27.7 Å². The fourth-order valence-corrected chi connectivity index (χ4v) is 4.39. The molecule has 0 aromatic heterocycles. The van der Waals surface area contributed by atoms with E-state index in [1.165, 1.54) is 0 Å². The summed E-state index contributed by atoms with van der Waals surface area (Å²) in [5, 5.41) is 56.1. The van der Waals surface area contributed by atoms with Crippen LogP contribution >= 0.6 is 0 Å². The van der Waals surface area contributed by atoms with E-state index < -0.39 is 0 Å². The fourth-order valence-electron chi connectivity index (χ4n) is 4.39. The Balaban J connectivity index is 0.000000204. The summed E-state index contributed by atoms with van der Waals surface area (Å²) in [6, 6.07) is 18.7. The first kappa shape index (κ1) is 31.1. The van der Waals surface area contributed by atoms with Gasteiger partial charge in [0.1, 0.15) is 0 Å². The first-order chi connectivity index (χ1) is 18.3. The molecule has 0 fully saturated rings. The first-order valence-corrected chi connectivity index (χ1v) is 12.6. The van der Waals surface area contributed by atoms with Gasteiger partial charge in [0.15, 0.2) is 0 Å². The summed E-state index contributed by atoms with van der Waals surface area (Å²) in [4.78, 5) is 0. The number of fused-ring (bicyclic) bond motifs is 1. The molecule has 204 valence electrons. The van der Waals surface area contributed by atoms with Gasteiger partial charge in [0, 0.05) is 0 Å². The third-order valence-corrected chi connectivity index (χ3v) is 7.09. The molecule has 0 saturated carbocycles. The number of aliphatic hydroxyl groups excluding tert-OH is 6. The Morgan fingerprint density at radius 1 is 0.395 bits per heavy atom. The van der Waals surface area contributed by atoms with Crippen LogP contribution in [0.4, 0.5) is 0 Å². The largest absolute Gasteiger partial charge is 0.392 e. The minimum absolute atomic E-state index is 0.0340. The number of hydrogen-bond donors (Lipinski definition) is 6. The van der Waals surface area contributed by atoms with E-state index >= 15 is 0 Å². The summed E-state index contributed by atoms with van der Waals surface area (Å²) in [5.41, 5.74) is 9.93. The van der Waals surface area contributed by atoms with Crippen LogP contribution in [0.5, 0.6) is 0 Å². The van der Waals surface area contributed by atoms with Crippen molar-refractivity contribution in [1.29, 1.82) is 0 Å². The lowest BCUT2D eigenvalue weighted by Gasteiger charge is -2.18. The highest BCUT2D eigenvalue weighted by molar-refractivity contribution is 5.88. The van der Waals surface area contributed by atoms with Crippen molar-refractivity contribution in [2.24, 2.45) is 0 Å². The van der Waals surface area contributed by atoms with Crippen LogP contribution in [0.3, 0.4) is 0 Å². The molecule has 0 heterocycles. The van der Waals surface area contributed by atoms with Gasteiger partial charge in [0.2, 0.25) is 0 Å². The Morgan fingerprint density at radius 2 is 0.711 bits per heavy atom. The van der Waals surface area contributed by atoms with Gasteiger partial charge in [-0.3, -0.25) is 0 Å². The zero-order valence-corrected chi connectivity index (χ0v) is 22.7. The van der Waals surface area contributed by atoms with E-state index in [0.717, 1.165) is 66.4 Å². The molecule has 0 aliphatic carbocycles. The molecule has 4 aromatic rings. The molecule has 0 bridgehead atoms. The van der Waals surface area contributed by atoms with Crippen LogP contribution in [-0.2, 0) is 39.6 Å². The molecule has 0 spiro atoms. The number of aliphatic hydroxyl groups is 6. The van der Waals surface area contributed by atoms with Gasteiger partial charge in [-0.05, 0) is 94.1 Å². The van der Waals surface area contributed by atoms with E-state index in [-0.39, 0.29) is 39.6 Å². The van der Waals surface area contributed by atoms with Crippen molar-refractivity contribution in [3.05, 3.63) is 116 Å². The quantitative estimate of drug-likeness (QED) is 0.224. The van der Waals surface area contributed by atoms with Gasteiger partial charge in [0.25, 0.3) is 0 Å². The number of rotatable bonds is 6. The van der Waals surface area contributed by atoms with Crippen LogP contribution in [-0.4, -0.2) is 30.6 Å². The maximum Gasteiger partial charge on any atom is 0.0687 e. The summed E-state index contributed by atoms with van der Waals surface area (Å²) >= 11 is 0. The minimum Gasteiger partial charge on any atom is -0.392 e. The highest BCUT2D eigenvalue weighted by Gasteiger charge is 2.12. The first-order valence-electron chi connectivity index (χ1n) is 12.6. The number of benzene rings is 4. The van der Waals surface area contributed by atoms with Crippen molar-refractivity contribution in [3.63, 3.8) is 0 Å². The lowest BCUT2D eigenvalue weighted by molar-refractivity contribution is 0.275. The molecule has 4 aromatic carbocycles. The monoisotopic (exact) mass is 520 g/mol. The van der Waals surface area contributed by atoms with E-state index in [1.807, 2.05) is 64.1 Å². The predicted octanol–water partition coefficient (Wildman–Crippen LogP) is 4.40. The molecule has 0 amide bonds. The van der Waals surface area contributed by atoms with Crippen LogP contribution in [0.15, 0.2) is 60.7 Å². The molecule has 0 aliphatic heterocycles. The molecule has 0 atom stereocenters. The molecule has 4 rings (SSSR count). The summed E-state index contributed by atoms with van der Waals surface area (Å²) < 4.78 is 0. The highest BCUT2D eigenvalue weighted by Crippen LogP contribution is 2.26. The molecule has 6 nitrogen and oxygen atoms in total. The van der Waals surface area contributed by atoms with Gasteiger partial charge >= 0.3 is 0 Å². The average Bonchev–Trinajstić information content (AvgIpc) is 2.97. The van der Waals surface area contributed by atoms with Gasteiger partial charge in [-0.2, -0.15) is 0 Å². The predicted molar refractivity (Wildman–Crippen MR) is 151 cm³/mol. The van der Waals surface area contributed by atoms with Gasteiger partial charge in [-0.1, -0.05) is 60.7 Å². The molecule has 0 radical (unpaired) electrons. The smallest absolute Gasteiger partial charge is 0.0687 e. The maximum absolute atomic E-state index is 9.25. The van der Waals surface area contributed by atoms with E-state index in [4.69, 9.17) is 20.4 Å². The Labute approximate surface area is 225 Å². The third-order valence-electron chi connectivity index (χ3n) is 7.09. The number of hydrogen-bond acceptors (Lipinski definition) is 6. The second-order valence-corrected chi connectivity index (χ2v) is 9.15. The molecule has 6 N–H and O–H groups in total. The van der Waals surface area contributed by atoms with Crippen LogP contribution in [0.2, 0.25) is 0 Å². The minimum atomic E-state index is 0.0340. The molecule has 0 unspecified atom stereocenters. The highest BCUT2D eigenvalue weighted by atomic mass is 16.3. The van der Waals surface area contributed by atoms with Crippen molar-refractivity contribution in [2.45, 2.75) is 67.3 Å².